The first-order valence-corrected chi connectivity index (χ1v) is 12.5. The monoisotopic (exact) mass is 547 g/mol. The van der Waals surface area contributed by atoms with Crippen LogP contribution in [0.2, 0.25) is 0 Å². The molecule has 9 heteroatoms. The lowest BCUT2D eigenvalue weighted by Gasteiger charge is -2.37. The summed E-state index contributed by atoms with van der Waals surface area (Å²) in [6.07, 6.45) is 0.0908. The number of rotatable bonds is 8. The summed E-state index contributed by atoms with van der Waals surface area (Å²) in [5, 5.41) is 13.5. The molecule has 7 nitrogen and oxygen atoms in total. The summed E-state index contributed by atoms with van der Waals surface area (Å²) >= 11 is 0. The third-order valence-corrected chi connectivity index (χ3v) is 6.98. The van der Waals surface area contributed by atoms with Crippen molar-refractivity contribution in [3.05, 3.63) is 76.9 Å². The zero-order valence-corrected chi connectivity index (χ0v) is 23.7. The fraction of sp³-hybridized carbons (Fsp3) is 0.429. The fourth-order valence-electron chi connectivity index (χ4n) is 4.84. The molecule has 0 spiro atoms. The molecular formula is C28H39Cl2N5O2. The number of amides is 1. The van der Waals surface area contributed by atoms with Gasteiger partial charge >= 0.3 is 0 Å². The Balaban J connectivity index is 0.00000241. The summed E-state index contributed by atoms with van der Waals surface area (Å²) in [7, 11) is 0. The number of aliphatic hydroxyl groups is 1. The van der Waals surface area contributed by atoms with Crippen molar-refractivity contribution in [1.82, 2.24) is 19.8 Å². The minimum atomic E-state index is -0.631. The molecule has 1 saturated heterocycles. The number of nitrogens with one attached hydrogen (secondary N) is 1. The van der Waals surface area contributed by atoms with Crippen LogP contribution in [0.15, 0.2) is 48.5 Å². The topological polar surface area (TPSA) is 73.6 Å². The number of para-hydroxylation sites is 1. The van der Waals surface area contributed by atoms with E-state index in [1.54, 1.807) is 0 Å². The number of aromatic nitrogens is 2. The minimum absolute atomic E-state index is 0. The van der Waals surface area contributed by atoms with Crippen molar-refractivity contribution in [2.75, 3.05) is 44.2 Å². The molecule has 4 rings (SSSR count). The molecule has 1 amide bonds. The molecule has 0 bridgehead atoms. The molecule has 1 atom stereocenters. The Bertz CT molecular complexity index is 1160. The highest BCUT2D eigenvalue weighted by Gasteiger charge is 2.23. The third kappa shape index (κ3) is 7.05. The standard InChI is InChI=1S/C28H37N5O2.2ClH/c1-5-26-30-27(22(4)33(26)23-11-7-6-8-12-23)28(35)29-18-24(34)19-31-14-16-32(17-15-31)25-13-9-10-20(2)21(25)3;;/h6-13,24,34H,5,14-19H2,1-4H3,(H,29,35);2*1H. The Hall–Kier alpha value is -2.58. The lowest BCUT2D eigenvalue weighted by molar-refractivity contribution is 0.0847. The van der Waals surface area contributed by atoms with Crippen molar-refractivity contribution in [3.63, 3.8) is 0 Å². The van der Waals surface area contributed by atoms with Gasteiger partial charge in [-0.25, -0.2) is 4.98 Å². The number of β-amino-alcohol motifs (C(OH)–C–C–N with tert-alkyl or cyclic N) is 1. The van der Waals surface area contributed by atoms with Gasteiger partial charge in [-0.3, -0.25) is 9.69 Å². The third-order valence-electron chi connectivity index (χ3n) is 6.98. The van der Waals surface area contributed by atoms with Gasteiger partial charge in [0.05, 0.1) is 11.8 Å². The van der Waals surface area contributed by atoms with Gasteiger partial charge in [-0.05, 0) is 50.1 Å². The van der Waals surface area contributed by atoms with Crippen molar-refractivity contribution in [2.45, 2.75) is 40.2 Å². The first-order chi connectivity index (χ1) is 16.9. The molecule has 1 aliphatic rings. The number of carbonyl (C=O) groups excluding carboxylic acids is 1. The van der Waals surface area contributed by atoms with Crippen LogP contribution in [0, 0.1) is 20.8 Å². The molecule has 0 radical (unpaired) electrons. The zero-order valence-electron chi connectivity index (χ0n) is 22.1. The first-order valence-electron chi connectivity index (χ1n) is 12.5. The summed E-state index contributed by atoms with van der Waals surface area (Å²) in [6.45, 7) is 12.7. The van der Waals surface area contributed by atoms with E-state index in [1.807, 2.05) is 48.7 Å². The lowest BCUT2D eigenvalue weighted by Crippen LogP contribution is -2.50. The Morgan fingerprint density at radius 1 is 1.00 bits per heavy atom. The summed E-state index contributed by atoms with van der Waals surface area (Å²) < 4.78 is 2.03. The zero-order chi connectivity index (χ0) is 24.9. The molecule has 1 unspecified atom stereocenters. The number of aliphatic hydroxyl groups excluding tert-OH is 1. The predicted octanol–water partition coefficient (Wildman–Crippen LogP) is 4.12. The van der Waals surface area contributed by atoms with Gasteiger partial charge in [-0.1, -0.05) is 37.3 Å². The summed E-state index contributed by atoms with van der Waals surface area (Å²) in [5.74, 6) is 0.604. The van der Waals surface area contributed by atoms with Crippen molar-refractivity contribution in [1.29, 1.82) is 0 Å². The molecule has 2 N–H and O–H groups in total. The van der Waals surface area contributed by atoms with Crippen LogP contribution in [0.3, 0.4) is 0 Å². The first kappa shape index (κ1) is 30.6. The molecule has 202 valence electrons. The number of carbonyl (C=O) groups is 1. The number of piperazine rings is 1. The average Bonchev–Trinajstić information content (AvgIpc) is 3.21. The second-order valence-electron chi connectivity index (χ2n) is 9.36. The maximum Gasteiger partial charge on any atom is 0.271 e. The highest BCUT2D eigenvalue weighted by molar-refractivity contribution is 5.93. The van der Waals surface area contributed by atoms with Crippen molar-refractivity contribution < 1.29 is 9.90 Å². The molecular weight excluding hydrogens is 509 g/mol. The van der Waals surface area contributed by atoms with E-state index in [-0.39, 0.29) is 37.3 Å². The van der Waals surface area contributed by atoms with Crippen LogP contribution >= 0.6 is 24.8 Å². The van der Waals surface area contributed by atoms with Gasteiger partial charge in [0, 0.05) is 57.1 Å². The quantitative estimate of drug-likeness (QED) is 0.443. The van der Waals surface area contributed by atoms with E-state index < -0.39 is 6.10 Å². The van der Waals surface area contributed by atoms with Crippen LogP contribution < -0.4 is 10.2 Å². The Kier molecular flexibility index (Phi) is 11.4. The fourth-order valence-corrected chi connectivity index (χ4v) is 4.84. The lowest BCUT2D eigenvalue weighted by atomic mass is 10.1. The number of aryl methyl sites for hydroxylation is 2. The van der Waals surface area contributed by atoms with E-state index in [0.717, 1.165) is 49.8 Å². The number of benzene rings is 2. The Morgan fingerprint density at radius 2 is 1.68 bits per heavy atom. The molecule has 37 heavy (non-hydrogen) atoms. The molecule has 2 heterocycles. The smallest absolute Gasteiger partial charge is 0.271 e. The number of hydrogen-bond donors (Lipinski definition) is 2. The molecule has 1 aliphatic heterocycles. The molecule has 3 aromatic rings. The van der Waals surface area contributed by atoms with Gasteiger partial charge in [0.25, 0.3) is 5.91 Å². The van der Waals surface area contributed by atoms with Crippen LogP contribution in [0.25, 0.3) is 5.69 Å². The van der Waals surface area contributed by atoms with E-state index >= 15 is 0 Å². The number of nitrogens with zero attached hydrogens (tertiary/aromatic N) is 4. The number of hydrogen-bond acceptors (Lipinski definition) is 5. The van der Waals surface area contributed by atoms with E-state index in [1.165, 1.54) is 16.8 Å². The van der Waals surface area contributed by atoms with E-state index in [0.29, 0.717) is 12.2 Å². The van der Waals surface area contributed by atoms with E-state index in [9.17, 15) is 9.90 Å². The van der Waals surface area contributed by atoms with Crippen molar-refractivity contribution >= 4 is 36.4 Å². The van der Waals surface area contributed by atoms with Crippen LogP contribution in [-0.4, -0.2) is 70.8 Å². The molecule has 1 aromatic heterocycles. The largest absolute Gasteiger partial charge is 0.390 e. The van der Waals surface area contributed by atoms with Gasteiger partial charge in [-0.15, -0.1) is 24.8 Å². The van der Waals surface area contributed by atoms with Gasteiger partial charge in [0.1, 0.15) is 11.5 Å². The molecule has 2 aromatic carbocycles. The summed E-state index contributed by atoms with van der Waals surface area (Å²) in [6, 6.07) is 16.4. The van der Waals surface area contributed by atoms with Gasteiger partial charge < -0.3 is 19.9 Å². The number of anilines is 1. The average molecular weight is 549 g/mol. The summed E-state index contributed by atoms with van der Waals surface area (Å²) in [4.78, 5) is 22.2. The summed E-state index contributed by atoms with van der Waals surface area (Å²) in [5.41, 5.74) is 6.16. The molecule has 0 saturated carbocycles. The predicted molar refractivity (Wildman–Crippen MR) is 155 cm³/mol. The van der Waals surface area contributed by atoms with Crippen LogP contribution in [0.4, 0.5) is 5.69 Å². The second-order valence-corrected chi connectivity index (χ2v) is 9.36. The Morgan fingerprint density at radius 3 is 2.32 bits per heavy atom. The maximum atomic E-state index is 12.9. The maximum absolute atomic E-state index is 12.9. The highest BCUT2D eigenvalue weighted by Crippen LogP contribution is 2.24. The van der Waals surface area contributed by atoms with Crippen LogP contribution in [-0.2, 0) is 6.42 Å². The van der Waals surface area contributed by atoms with Crippen molar-refractivity contribution in [2.24, 2.45) is 0 Å². The van der Waals surface area contributed by atoms with Gasteiger partial charge in [0.15, 0.2) is 0 Å². The van der Waals surface area contributed by atoms with Crippen molar-refractivity contribution in [3.8, 4) is 5.69 Å². The normalized spacial score (nSPS) is 14.5. The second kappa shape index (κ2) is 13.8. The van der Waals surface area contributed by atoms with Gasteiger partial charge in [-0.2, -0.15) is 0 Å². The minimum Gasteiger partial charge on any atom is -0.390 e. The van der Waals surface area contributed by atoms with E-state index in [2.05, 4.69) is 52.1 Å². The number of imidazole rings is 1. The molecule has 1 fully saturated rings. The highest BCUT2D eigenvalue weighted by atomic mass is 35.5. The number of halogens is 2. The van der Waals surface area contributed by atoms with Gasteiger partial charge in [0.2, 0.25) is 0 Å². The Labute approximate surface area is 232 Å². The van der Waals surface area contributed by atoms with Crippen LogP contribution in [0.5, 0.6) is 0 Å². The van der Waals surface area contributed by atoms with Crippen LogP contribution in [0.1, 0.15) is 40.1 Å². The molecule has 0 aliphatic carbocycles. The SMILES string of the molecule is CCc1nc(C(=O)NCC(O)CN2CCN(c3cccc(C)c3C)CC2)c(C)n1-c1ccccc1.Cl.Cl. The van der Waals surface area contributed by atoms with E-state index in [4.69, 9.17) is 0 Å².